The van der Waals surface area contributed by atoms with Crippen molar-refractivity contribution in [3.8, 4) is 0 Å². The Kier molecular flexibility index (Phi) is 14.5. The highest BCUT2D eigenvalue weighted by Gasteiger charge is 2.47. The van der Waals surface area contributed by atoms with Crippen LogP contribution < -0.4 is 26.6 Å². The van der Waals surface area contributed by atoms with Crippen LogP contribution in [-0.2, 0) is 44.8 Å². The average molecular weight is 779 g/mol. The number of benzene rings is 1. The van der Waals surface area contributed by atoms with E-state index in [4.69, 9.17) is 0 Å². The molecule has 0 saturated carbocycles. The summed E-state index contributed by atoms with van der Waals surface area (Å²) in [7, 11) is 0. The van der Waals surface area contributed by atoms with Gasteiger partial charge in [-0.1, -0.05) is 64.4 Å². The third kappa shape index (κ3) is 10.2. The summed E-state index contributed by atoms with van der Waals surface area (Å²) in [6, 6.07) is 3.42. The molecular formula is C40H58N8O8. The van der Waals surface area contributed by atoms with Gasteiger partial charge >= 0.3 is 0 Å². The standard InChI is InChI=1S/C40H58N8O8/c1-5-25(4)34-37(53)44-27(21-26-12-7-6-8-13-26)35(51)42-22-32(49)41-23-33(50)43-28(20-24(2)3)38(54)47-18-10-15-30(47)40(56)48-19-11-16-31(48)39(55)46-17-9-14-29(46)36(52)45-34/h6-8,12-13,24-25,27-31,34H,5,9-11,14-23H2,1-4H3,(H,41,49)(H,42,51)(H,43,50)(H,44,53)(H,45,52)/t25?,27-,28+,29+,30+,31+,34+/m1/s1. The quantitative estimate of drug-likeness (QED) is 0.265. The van der Waals surface area contributed by atoms with E-state index in [0.29, 0.717) is 71.0 Å². The largest absolute Gasteiger partial charge is 0.346 e. The van der Waals surface area contributed by atoms with Gasteiger partial charge in [0.25, 0.3) is 0 Å². The molecule has 4 aliphatic heterocycles. The predicted molar refractivity (Wildman–Crippen MR) is 205 cm³/mol. The van der Waals surface area contributed by atoms with E-state index in [1.54, 1.807) is 29.2 Å². The van der Waals surface area contributed by atoms with Gasteiger partial charge in [0, 0.05) is 26.1 Å². The molecule has 1 unspecified atom stereocenters. The highest BCUT2D eigenvalue weighted by molar-refractivity contribution is 5.98. The van der Waals surface area contributed by atoms with Gasteiger partial charge in [0.1, 0.15) is 36.3 Å². The lowest BCUT2D eigenvalue weighted by Gasteiger charge is -2.35. The highest BCUT2D eigenvalue weighted by Crippen LogP contribution is 2.29. The Bertz CT molecular complexity index is 1640. The van der Waals surface area contributed by atoms with Crippen LogP contribution in [0.25, 0.3) is 0 Å². The summed E-state index contributed by atoms with van der Waals surface area (Å²) in [5.41, 5.74) is 0.747. The van der Waals surface area contributed by atoms with Crippen molar-refractivity contribution in [3.63, 3.8) is 0 Å². The number of carbonyl (C=O) groups is 8. The van der Waals surface area contributed by atoms with Crippen molar-refractivity contribution in [2.24, 2.45) is 11.8 Å². The van der Waals surface area contributed by atoms with E-state index in [2.05, 4.69) is 26.6 Å². The third-order valence-corrected chi connectivity index (χ3v) is 11.4. The van der Waals surface area contributed by atoms with Crippen LogP contribution in [0.15, 0.2) is 30.3 Å². The molecule has 16 heteroatoms. The monoisotopic (exact) mass is 778 g/mol. The van der Waals surface area contributed by atoms with E-state index in [9.17, 15) is 38.4 Å². The van der Waals surface area contributed by atoms with E-state index in [0.717, 1.165) is 5.56 Å². The molecule has 8 amide bonds. The fraction of sp³-hybridized carbons (Fsp3) is 0.650. The Morgan fingerprint density at radius 3 is 1.75 bits per heavy atom. The topological polar surface area (TPSA) is 206 Å². The zero-order valence-corrected chi connectivity index (χ0v) is 33.0. The lowest BCUT2D eigenvalue weighted by molar-refractivity contribution is -0.151. The number of hydrogen-bond acceptors (Lipinski definition) is 8. The Labute approximate surface area is 328 Å². The van der Waals surface area contributed by atoms with Gasteiger partial charge in [0.15, 0.2) is 0 Å². The van der Waals surface area contributed by atoms with Gasteiger partial charge in [0.2, 0.25) is 47.3 Å². The molecule has 0 aromatic heterocycles. The zero-order chi connectivity index (χ0) is 40.5. The molecule has 0 aliphatic carbocycles. The summed E-state index contributed by atoms with van der Waals surface area (Å²) < 4.78 is 0. The van der Waals surface area contributed by atoms with Crippen LogP contribution in [0.1, 0.15) is 84.6 Å². The number of fused-ring (bicyclic) bond motifs is 3. The summed E-state index contributed by atoms with van der Waals surface area (Å²) in [6.07, 6.45) is 3.82. The maximum absolute atomic E-state index is 14.3. The van der Waals surface area contributed by atoms with Crippen LogP contribution in [0, 0.1) is 11.8 Å². The minimum atomic E-state index is -1.12. The molecule has 5 rings (SSSR count). The predicted octanol–water partition coefficient (Wildman–Crippen LogP) is -0.00530. The summed E-state index contributed by atoms with van der Waals surface area (Å²) in [6.45, 7) is 7.51. The Morgan fingerprint density at radius 1 is 0.607 bits per heavy atom. The minimum Gasteiger partial charge on any atom is -0.346 e. The average Bonchev–Trinajstić information content (AvgIpc) is 3.98. The fourth-order valence-corrected chi connectivity index (χ4v) is 8.20. The molecule has 306 valence electrons. The summed E-state index contributed by atoms with van der Waals surface area (Å²) in [4.78, 5) is 115. The molecule has 5 N–H and O–H groups in total. The molecule has 0 spiro atoms. The summed E-state index contributed by atoms with van der Waals surface area (Å²) in [5.74, 6) is -4.41. The van der Waals surface area contributed by atoms with Gasteiger partial charge in [-0.3, -0.25) is 38.4 Å². The van der Waals surface area contributed by atoms with Gasteiger partial charge in [-0.25, -0.2) is 0 Å². The molecule has 4 saturated heterocycles. The van der Waals surface area contributed by atoms with Crippen LogP contribution in [0.5, 0.6) is 0 Å². The molecule has 4 heterocycles. The molecule has 16 nitrogen and oxygen atoms in total. The number of nitrogens with zero attached hydrogens (tertiary/aromatic N) is 3. The van der Waals surface area contributed by atoms with Crippen LogP contribution in [0.4, 0.5) is 0 Å². The molecule has 0 bridgehead atoms. The summed E-state index contributed by atoms with van der Waals surface area (Å²) >= 11 is 0. The summed E-state index contributed by atoms with van der Waals surface area (Å²) in [5, 5.41) is 13.5. The highest BCUT2D eigenvalue weighted by atomic mass is 16.2. The van der Waals surface area contributed by atoms with Crippen molar-refractivity contribution in [1.82, 2.24) is 41.3 Å². The van der Waals surface area contributed by atoms with Crippen molar-refractivity contribution in [3.05, 3.63) is 35.9 Å². The molecule has 1 aromatic rings. The Morgan fingerprint density at radius 2 is 1.16 bits per heavy atom. The fourth-order valence-electron chi connectivity index (χ4n) is 8.20. The van der Waals surface area contributed by atoms with Crippen LogP contribution in [0.3, 0.4) is 0 Å². The van der Waals surface area contributed by atoms with Gasteiger partial charge in [0.05, 0.1) is 13.1 Å². The van der Waals surface area contributed by atoms with E-state index in [1.165, 1.54) is 9.80 Å². The second kappa shape index (κ2) is 19.2. The Balaban J connectivity index is 1.45. The van der Waals surface area contributed by atoms with E-state index < -0.39 is 84.8 Å². The van der Waals surface area contributed by atoms with Gasteiger partial charge < -0.3 is 41.3 Å². The lowest BCUT2D eigenvalue weighted by atomic mass is 9.96. The first kappa shape index (κ1) is 42.1. The van der Waals surface area contributed by atoms with Crippen molar-refractivity contribution in [2.45, 2.75) is 122 Å². The first-order valence-electron chi connectivity index (χ1n) is 20.2. The van der Waals surface area contributed by atoms with Crippen molar-refractivity contribution >= 4 is 47.3 Å². The number of amides is 8. The van der Waals surface area contributed by atoms with Crippen molar-refractivity contribution in [1.29, 1.82) is 0 Å². The van der Waals surface area contributed by atoms with Crippen molar-refractivity contribution < 1.29 is 38.4 Å². The SMILES string of the molecule is CCC(C)[C@@H]1NC(=O)[C@@H]2CCCN2C(=O)[C@@H]2CCCN2C(=O)[C@@H]2CCCN2C(=O)[C@H](CC(C)C)NC(=O)CNC(=O)CNC(=O)[C@@H](Cc2ccccc2)NC1=O. The van der Waals surface area contributed by atoms with E-state index in [1.807, 2.05) is 33.8 Å². The molecule has 4 fully saturated rings. The maximum atomic E-state index is 14.3. The van der Waals surface area contributed by atoms with Gasteiger partial charge in [-0.15, -0.1) is 0 Å². The molecule has 56 heavy (non-hydrogen) atoms. The maximum Gasteiger partial charge on any atom is 0.246 e. The second-order valence-corrected chi connectivity index (χ2v) is 15.9. The number of carbonyl (C=O) groups excluding carboxylic acids is 8. The smallest absolute Gasteiger partial charge is 0.246 e. The van der Waals surface area contributed by atoms with Crippen LogP contribution >= 0.6 is 0 Å². The number of nitrogens with one attached hydrogen (secondary N) is 5. The molecule has 0 radical (unpaired) electrons. The second-order valence-electron chi connectivity index (χ2n) is 15.9. The van der Waals surface area contributed by atoms with Gasteiger partial charge in [-0.2, -0.15) is 0 Å². The Hall–Kier alpha value is -5.02. The van der Waals surface area contributed by atoms with Crippen molar-refractivity contribution in [2.75, 3.05) is 32.7 Å². The van der Waals surface area contributed by atoms with E-state index in [-0.39, 0.29) is 30.1 Å². The zero-order valence-electron chi connectivity index (χ0n) is 33.0. The first-order valence-corrected chi connectivity index (χ1v) is 20.2. The molecule has 7 atom stereocenters. The van der Waals surface area contributed by atoms with Gasteiger partial charge in [-0.05, 0) is 62.3 Å². The molecular weight excluding hydrogens is 720 g/mol. The molecule has 4 aliphatic rings. The first-order chi connectivity index (χ1) is 26.8. The lowest BCUT2D eigenvalue weighted by Crippen LogP contribution is -2.60. The van der Waals surface area contributed by atoms with Crippen LogP contribution in [0.2, 0.25) is 0 Å². The number of rotatable bonds is 6. The minimum absolute atomic E-state index is 0.00799. The normalized spacial score (nSPS) is 28.4. The number of hydrogen-bond donors (Lipinski definition) is 5. The molecule has 1 aromatic carbocycles. The van der Waals surface area contributed by atoms with Crippen LogP contribution in [-0.4, -0.2) is 131 Å². The van der Waals surface area contributed by atoms with E-state index >= 15 is 0 Å². The third-order valence-electron chi connectivity index (χ3n) is 11.4.